The van der Waals surface area contributed by atoms with E-state index in [0.29, 0.717) is 0 Å². The molecule has 0 bridgehead atoms. The van der Waals surface area contributed by atoms with Gasteiger partial charge in [0.05, 0.1) is 18.6 Å². The van der Waals surface area contributed by atoms with Gasteiger partial charge in [-0.25, -0.2) is 0 Å². The summed E-state index contributed by atoms with van der Waals surface area (Å²) >= 11 is 0. The zero-order chi connectivity index (χ0) is 9.78. The second-order valence-corrected chi connectivity index (χ2v) is 3.18. The molecule has 0 aromatic rings. The first-order chi connectivity index (χ1) is 5.46. The molecule has 0 radical (unpaired) electrons. The third-order valence-corrected chi connectivity index (χ3v) is 1.83. The zero-order valence-electron chi connectivity index (χ0n) is 8.00. The molecule has 0 spiro atoms. The minimum atomic E-state index is -0.874. The molecule has 70 valence electrons. The number of hydrogen-bond donors (Lipinski definition) is 1. The molecule has 3 heteroatoms. The first kappa shape index (κ1) is 11.2. The third-order valence-electron chi connectivity index (χ3n) is 1.83. The summed E-state index contributed by atoms with van der Waals surface area (Å²) in [5, 5.41) is 9.49. The van der Waals surface area contributed by atoms with Crippen LogP contribution in [0.3, 0.4) is 0 Å². The van der Waals surface area contributed by atoms with E-state index < -0.39 is 17.5 Å². The Morgan fingerprint density at radius 3 is 2.42 bits per heavy atom. The molecule has 1 N–H and O–H groups in total. The lowest BCUT2D eigenvalue weighted by molar-refractivity contribution is -0.155. The number of carbonyl (C=O) groups excluding carboxylic acids is 1. The van der Waals surface area contributed by atoms with Crippen LogP contribution in [0.25, 0.3) is 0 Å². The Hall–Kier alpha value is -0.830. The molecular formula is C9H16O3. The van der Waals surface area contributed by atoms with Crippen molar-refractivity contribution in [3.8, 4) is 0 Å². The van der Waals surface area contributed by atoms with Gasteiger partial charge in [0.2, 0.25) is 0 Å². The summed E-state index contributed by atoms with van der Waals surface area (Å²) in [5.41, 5.74) is -0.874. The molecular weight excluding hydrogens is 156 g/mol. The quantitative estimate of drug-likeness (QED) is 0.512. The van der Waals surface area contributed by atoms with E-state index in [-0.39, 0.29) is 0 Å². The molecule has 0 fully saturated rings. The van der Waals surface area contributed by atoms with Gasteiger partial charge in [0, 0.05) is 0 Å². The van der Waals surface area contributed by atoms with Gasteiger partial charge in [-0.3, -0.25) is 4.79 Å². The molecule has 0 saturated carbocycles. The molecule has 0 heterocycles. The summed E-state index contributed by atoms with van der Waals surface area (Å²) in [6, 6.07) is 0. The highest BCUT2D eigenvalue weighted by Gasteiger charge is 2.35. The van der Waals surface area contributed by atoms with Gasteiger partial charge in [0.1, 0.15) is 0 Å². The Morgan fingerprint density at radius 1 is 1.58 bits per heavy atom. The Labute approximate surface area is 73.0 Å². The lowest BCUT2D eigenvalue weighted by atomic mass is 9.86. The van der Waals surface area contributed by atoms with Gasteiger partial charge in [0.25, 0.3) is 0 Å². The van der Waals surface area contributed by atoms with Crippen molar-refractivity contribution in [3.05, 3.63) is 12.2 Å². The molecule has 0 aliphatic carbocycles. The van der Waals surface area contributed by atoms with Crippen LogP contribution in [0.1, 0.15) is 20.8 Å². The fourth-order valence-corrected chi connectivity index (χ4v) is 0.807. The van der Waals surface area contributed by atoms with E-state index in [9.17, 15) is 9.90 Å². The lowest BCUT2D eigenvalue weighted by Gasteiger charge is -2.24. The monoisotopic (exact) mass is 172 g/mol. The number of rotatable bonds is 3. The van der Waals surface area contributed by atoms with Gasteiger partial charge in [-0.1, -0.05) is 12.2 Å². The number of aliphatic hydroxyl groups excluding tert-OH is 1. The predicted octanol–water partition coefficient (Wildman–Crippen LogP) is 1.12. The van der Waals surface area contributed by atoms with Crippen LogP contribution in [-0.2, 0) is 9.53 Å². The number of esters is 1. The van der Waals surface area contributed by atoms with Crippen molar-refractivity contribution in [2.45, 2.75) is 26.9 Å². The molecule has 12 heavy (non-hydrogen) atoms. The normalized spacial score (nSPS) is 14.8. The van der Waals surface area contributed by atoms with Crippen LogP contribution >= 0.6 is 0 Å². The van der Waals surface area contributed by atoms with E-state index in [1.807, 2.05) is 0 Å². The third kappa shape index (κ3) is 2.34. The molecule has 0 amide bonds. The van der Waals surface area contributed by atoms with Gasteiger partial charge in [0.15, 0.2) is 0 Å². The van der Waals surface area contributed by atoms with Gasteiger partial charge < -0.3 is 9.84 Å². The smallest absolute Gasteiger partial charge is 0.314 e. The van der Waals surface area contributed by atoms with Crippen LogP contribution < -0.4 is 0 Å². The van der Waals surface area contributed by atoms with Crippen LogP contribution in [0.5, 0.6) is 0 Å². The Morgan fingerprint density at radius 2 is 2.08 bits per heavy atom. The summed E-state index contributed by atoms with van der Waals surface area (Å²) in [7, 11) is 1.31. The number of aliphatic hydroxyl groups is 1. The van der Waals surface area contributed by atoms with Crippen LogP contribution in [0, 0.1) is 5.41 Å². The maximum Gasteiger partial charge on any atom is 0.314 e. The van der Waals surface area contributed by atoms with Crippen molar-refractivity contribution in [2.24, 2.45) is 5.41 Å². The number of methoxy groups -OCH3 is 1. The first-order valence-electron chi connectivity index (χ1n) is 3.86. The first-order valence-corrected chi connectivity index (χ1v) is 3.86. The SMILES string of the molecule is CC=CC(O)C(C)(C)C(=O)OC. The number of ether oxygens (including phenoxy) is 1. The van der Waals surface area contributed by atoms with Gasteiger partial charge in [-0.2, -0.15) is 0 Å². The highest BCUT2D eigenvalue weighted by Crippen LogP contribution is 2.23. The van der Waals surface area contributed by atoms with E-state index >= 15 is 0 Å². The standard InChI is InChI=1S/C9H16O3/c1-5-6-7(10)9(2,3)8(11)12-4/h5-7,10H,1-4H3. The molecule has 0 rings (SSSR count). The van der Waals surface area contributed by atoms with Crippen LogP contribution in [-0.4, -0.2) is 24.3 Å². The van der Waals surface area contributed by atoms with E-state index in [2.05, 4.69) is 4.74 Å². The number of allylic oxidation sites excluding steroid dienone is 1. The van der Waals surface area contributed by atoms with E-state index in [4.69, 9.17) is 0 Å². The second-order valence-electron chi connectivity index (χ2n) is 3.18. The van der Waals surface area contributed by atoms with Crippen molar-refractivity contribution in [3.63, 3.8) is 0 Å². The van der Waals surface area contributed by atoms with Gasteiger partial charge in [-0.15, -0.1) is 0 Å². The Kier molecular flexibility index (Phi) is 3.96. The van der Waals surface area contributed by atoms with Crippen LogP contribution in [0.4, 0.5) is 0 Å². The van der Waals surface area contributed by atoms with Crippen molar-refractivity contribution < 1.29 is 14.6 Å². The van der Waals surface area contributed by atoms with E-state index in [1.165, 1.54) is 7.11 Å². The Balaban J connectivity index is 4.48. The lowest BCUT2D eigenvalue weighted by Crippen LogP contribution is -2.36. The summed E-state index contributed by atoms with van der Waals surface area (Å²) in [6.45, 7) is 5.07. The highest BCUT2D eigenvalue weighted by molar-refractivity contribution is 5.76. The van der Waals surface area contributed by atoms with Crippen molar-refractivity contribution in [1.82, 2.24) is 0 Å². The summed E-state index contributed by atoms with van der Waals surface area (Å²) < 4.78 is 4.55. The average Bonchev–Trinajstić information content (AvgIpc) is 2.03. The van der Waals surface area contributed by atoms with E-state index in [1.54, 1.807) is 32.9 Å². The van der Waals surface area contributed by atoms with Crippen LogP contribution in [0.2, 0.25) is 0 Å². The molecule has 0 aromatic carbocycles. The van der Waals surface area contributed by atoms with Gasteiger partial charge in [-0.05, 0) is 20.8 Å². The Bertz CT molecular complexity index is 182. The number of hydrogen-bond acceptors (Lipinski definition) is 3. The largest absolute Gasteiger partial charge is 0.469 e. The molecule has 1 atom stereocenters. The molecule has 1 unspecified atom stereocenters. The molecule has 0 aromatic heterocycles. The van der Waals surface area contributed by atoms with E-state index in [0.717, 1.165) is 0 Å². The molecule has 3 nitrogen and oxygen atoms in total. The van der Waals surface area contributed by atoms with Gasteiger partial charge >= 0.3 is 5.97 Å². The second kappa shape index (κ2) is 4.26. The van der Waals surface area contributed by atoms with Crippen molar-refractivity contribution in [2.75, 3.05) is 7.11 Å². The zero-order valence-corrected chi connectivity index (χ0v) is 8.00. The fourth-order valence-electron chi connectivity index (χ4n) is 0.807. The molecule has 0 saturated heterocycles. The van der Waals surface area contributed by atoms with Crippen molar-refractivity contribution in [1.29, 1.82) is 0 Å². The number of carbonyl (C=O) groups is 1. The average molecular weight is 172 g/mol. The topological polar surface area (TPSA) is 46.5 Å². The molecule has 0 aliphatic rings. The van der Waals surface area contributed by atoms with Crippen molar-refractivity contribution >= 4 is 5.97 Å². The maximum atomic E-state index is 11.1. The van der Waals surface area contributed by atoms with Crippen LogP contribution in [0.15, 0.2) is 12.2 Å². The highest BCUT2D eigenvalue weighted by atomic mass is 16.5. The maximum absolute atomic E-state index is 11.1. The summed E-state index contributed by atoms with van der Waals surface area (Å²) in [6.07, 6.45) is 2.47. The summed E-state index contributed by atoms with van der Waals surface area (Å²) in [5.74, 6) is -0.409. The summed E-state index contributed by atoms with van der Waals surface area (Å²) in [4.78, 5) is 11.1. The minimum Gasteiger partial charge on any atom is -0.469 e. The fraction of sp³-hybridized carbons (Fsp3) is 0.667. The minimum absolute atomic E-state index is 0.409. The molecule has 0 aliphatic heterocycles. The predicted molar refractivity (Wildman–Crippen MR) is 46.6 cm³/mol.